The van der Waals surface area contributed by atoms with E-state index in [1.165, 1.54) is 25.7 Å². The highest BCUT2D eigenvalue weighted by Gasteiger charge is 2.15. The van der Waals surface area contributed by atoms with Gasteiger partial charge >= 0.3 is 0 Å². The van der Waals surface area contributed by atoms with Gasteiger partial charge in [-0.2, -0.15) is 0 Å². The Morgan fingerprint density at radius 2 is 2.12 bits per heavy atom. The predicted molar refractivity (Wildman–Crippen MR) is 74.1 cm³/mol. The first-order valence-corrected chi connectivity index (χ1v) is 7.99. The van der Waals surface area contributed by atoms with Crippen LogP contribution in [-0.4, -0.2) is 33.4 Å². The first-order chi connectivity index (χ1) is 7.59. The van der Waals surface area contributed by atoms with E-state index in [9.17, 15) is 4.21 Å². The molecule has 0 heterocycles. The Labute approximate surface area is 106 Å². The van der Waals surface area contributed by atoms with Crippen molar-refractivity contribution >= 4 is 28.1 Å². The maximum atomic E-state index is 11.1. The number of hydrogen-bond acceptors (Lipinski definition) is 2. The summed E-state index contributed by atoms with van der Waals surface area (Å²) in [5, 5.41) is 7.50. The van der Waals surface area contributed by atoms with Gasteiger partial charge in [-0.25, -0.2) is 0 Å². The fraction of sp³-hybridized carbons (Fsp3) is 0.909. The Morgan fingerprint density at radius 1 is 1.50 bits per heavy atom. The zero-order chi connectivity index (χ0) is 12.0. The standard InChI is InChI=1S/C11H22N2OS2/c1-9(16(2)14)7-8-12-11(15)13-10-5-3-4-6-10/h9-10H,3-8H2,1-2H3,(H2,12,13,15). The van der Waals surface area contributed by atoms with E-state index in [4.69, 9.17) is 12.2 Å². The van der Waals surface area contributed by atoms with Crippen molar-refractivity contribution in [1.29, 1.82) is 0 Å². The van der Waals surface area contributed by atoms with Gasteiger partial charge in [-0.1, -0.05) is 19.8 Å². The first-order valence-electron chi connectivity index (χ1n) is 5.96. The fourth-order valence-electron chi connectivity index (χ4n) is 1.86. The number of nitrogens with one attached hydrogen (secondary N) is 2. The Kier molecular flexibility index (Phi) is 6.28. The third-order valence-electron chi connectivity index (χ3n) is 3.09. The second-order valence-corrected chi connectivity index (χ2v) is 6.69. The molecule has 0 radical (unpaired) electrons. The molecule has 2 unspecified atom stereocenters. The van der Waals surface area contributed by atoms with Crippen LogP contribution in [0, 0.1) is 0 Å². The average Bonchev–Trinajstić information content (AvgIpc) is 2.70. The highest BCUT2D eigenvalue weighted by atomic mass is 32.2. The second kappa shape index (κ2) is 7.22. The van der Waals surface area contributed by atoms with Gasteiger partial charge in [-0.15, -0.1) is 0 Å². The van der Waals surface area contributed by atoms with Gasteiger partial charge in [0.25, 0.3) is 0 Å². The number of hydrogen-bond donors (Lipinski definition) is 2. The van der Waals surface area contributed by atoms with E-state index < -0.39 is 10.8 Å². The molecule has 2 N–H and O–H groups in total. The number of thiocarbonyl (C=S) groups is 1. The van der Waals surface area contributed by atoms with Crippen molar-refractivity contribution in [2.24, 2.45) is 0 Å². The smallest absolute Gasteiger partial charge is 0.166 e. The lowest BCUT2D eigenvalue weighted by molar-refractivity contribution is 0.616. The minimum absolute atomic E-state index is 0.238. The number of rotatable bonds is 5. The van der Waals surface area contributed by atoms with Crippen molar-refractivity contribution in [3.63, 3.8) is 0 Å². The lowest BCUT2D eigenvalue weighted by Gasteiger charge is -2.16. The summed E-state index contributed by atoms with van der Waals surface area (Å²) in [5.74, 6) is 0. The summed E-state index contributed by atoms with van der Waals surface area (Å²) in [4.78, 5) is 0. The predicted octanol–water partition coefficient (Wildman–Crippen LogP) is 1.55. The van der Waals surface area contributed by atoms with Gasteiger partial charge < -0.3 is 10.6 Å². The lowest BCUT2D eigenvalue weighted by atomic mass is 10.2. The molecule has 0 aromatic heterocycles. The van der Waals surface area contributed by atoms with Gasteiger partial charge in [0, 0.05) is 34.9 Å². The van der Waals surface area contributed by atoms with Crippen LogP contribution in [0.25, 0.3) is 0 Å². The van der Waals surface area contributed by atoms with Gasteiger partial charge in [-0.05, 0) is 31.5 Å². The van der Waals surface area contributed by atoms with Crippen molar-refractivity contribution in [3.8, 4) is 0 Å². The summed E-state index contributed by atoms with van der Waals surface area (Å²) in [6.07, 6.45) is 7.74. The fourth-order valence-corrected chi connectivity index (χ4v) is 2.58. The van der Waals surface area contributed by atoms with Gasteiger partial charge in [0.15, 0.2) is 5.11 Å². The lowest BCUT2D eigenvalue weighted by Crippen LogP contribution is -2.41. The van der Waals surface area contributed by atoms with E-state index in [0.717, 1.165) is 18.1 Å². The zero-order valence-electron chi connectivity index (χ0n) is 10.1. The Balaban J connectivity index is 2.08. The second-order valence-electron chi connectivity index (χ2n) is 4.48. The summed E-state index contributed by atoms with van der Waals surface area (Å²) in [6.45, 7) is 2.81. The van der Waals surface area contributed by atoms with Gasteiger partial charge in [0.05, 0.1) is 0 Å². The van der Waals surface area contributed by atoms with Crippen molar-refractivity contribution < 1.29 is 4.21 Å². The largest absolute Gasteiger partial charge is 0.363 e. The van der Waals surface area contributed by atoms with E-state index in [0.29, 0.717) is 6.04 Å². The molecule has 5 heteroatoms. The molecule has 3 nitrogen and oxygen atoms in total. The molecule has 16 heavy (non-hydrogen) atoms. The topological polar surface area (TPSA) is 41.1 Å². The molecular formula is C11H22N2OS2. The molecule has 0 bridgehead atoms. The zero-order valence-corrected chi connectivity index (χ0v) is 11.8. The normalized spacial score (nSPS) is 20.4. The first kappa shape index (κ1) is 13.9. The van der Waals surface area contributed by atoms with Crippen LogP contribution >= 0.6 is 12.2 Å². The maximum absolute atomic E-state index is 11.1. The van der Waals surface area contributed by atoms with Crippen LogP contribution in [0.15, 0.2) is 0 Å². The molecule has 1 aliphatic rings. The summed E-state index contributed by atoms with van der Waals surface area (Å²) < 4.78 is 11.1. The molecular weight excluding hydrogens is 240 g/mol. The molecule has 0 aliphatic heterocycles. The molecule has 1 fully saturated rings. The van der Waals surface area contributed by atoms with Gasteiger partial charge in [0.2, 0.25) is 0 Å². The summed E-state index contributed by atoms with van der Waals surface area (Å²) in [6, 6.07) is 0.567. The monoisotopic (exact) mass is 262 g/mol. The van der Waals surface area contributed by atoms with E-state index in [1.807, 2.05) is 6.92 Å². The molecule has 0 spiro atoms. The molecule has 0 amide bonds. The molecule has 1 rings (SSSR count). The third-order valence-corrected chi connectivity index (χ3v) is 4.72. The van der Waals surface area contributed by atoms with Crippen molar-refractivity contribution in [1.82, 2.24) is 10.6 Å². The van der Waals surface area contributed by atoms with E-state index in [-0.39, 0.29) is 5.25 Å². The van der Waals surface area contributed by atoms with Crippen molar-refractivity contribution in [2.75, 3.05) is 12.8 Å². The Morgan fingerprint density at radius 3 is 2.69 bits per heavy atom. The quantitative estimate of drug-likeness (QED) is 0.738. The van der Waals surface area contributed by atoms with Gasteiger partial charge in [0.1, 0.15) is 0 Å². The van der Waals surface area contributed by atoms with E-state index in [2.05, 4.69) is 10.6 Å². The van der Waals surface area contributed by atoms with Crippen LogP contribution in [0.5, 0.6) is 0 Å². The molecule has 1 aliphatic carbocycles. The van der Waals surface area contributed by atoms with Crippen molar-refractivity contribution in [3.05, 3.63) is 0 Å². The molecule has 2 atom stereocenters. The minimum Gasteiger partial charge on any atom is -0.363 e. The molecule has 1 saturated carbocycles. The molecule has 0 saturated heterocycles. The van der Waals surface area contributed by atoms with Gasteiger partial charge in [-0.3, -0.25) is 4.21 Å². The SMILES string of the molecule is CC(CCNC(=S)NC1CCCC1)S(C)=O. The van der Waals surface area contributed by atoms with Crippen molar-refractivity contribution in [2.45, 2.75) is 50.3 Å². The van der Waals surface area contributed by atoms with Crippen LogP contribution < -0.4 is 10.6 Å². The van der Waals surface area contributed by atoms with E-state index in [1.54, 1.807) is 6.26 Å². The highest BCUT2D eigenvalue weighted by molar-refractivity contribution is 7.84. The van der Waals surface area contributed by atoms with Crippen LogP contribution in [0.2, 0.25) is 0 Å². The van der Waals surface area contributed by atoms with E-state index >= 15 is 0 Å². The van der Waals surface area contributed by atoms with Crippen LogP contribution in [0.3, 0.4) is 0 Å². The summed E-state index contributed by atoms with van der Waals surface area (Å²) in [7, 11) is -0.733. The third kappa shape index (κ3) is 5.25. The molecule has 0 aromatic rings. The van der Waals surface area contributed by atoms with Crippen LogP contribution in [0.4, 0.5) is 0 Å². The summed E-state index contributed by atoms with van der Waals surface area (Å²) >= 11 is 5.21. The van der Waals surface area contributed by atoms with Crippen LogP contribution in [-0.2, 0) is 10.8 Å². The molecule has 0 aromatic carbocycles. The Hall–Kier alpha value is -0.160. The summed E-state index contributed by atoms with van der Waals surface area (Å²) in [5.41, 5.74) is 0. The average molecular weight is 262 g/mol. The maximum Gasteiger partial charge on any atom is 0.166 e. The molecule has 94 valence electrons. The highest BCUT2D eigenvalue weighted by Crippen LogP contribution is 2.17. The van der Waals surface area contributed by atoms with Crippen LogP contribution in [0.1, 0.15) is 39.0 Å². The Bertz CT molecular complexity index is 252. The minimum atomic E-state index is -0.733.